The van der Waals surface area contributed by atoms with Crippen LogP contribution in [-0.2, 0) is 15.3 Å². The Bertz CT molecular complexity index is 1510. The average Bonchev–Trinajstić information content (AvgIpc) is 3.53. The van der Waals surface area contributed by atoms with Crippen molar-refractivity contribution in [1.82, 2.24) is 15.2 Å². The van der Waals surface area contributed by atoms with Crippen LogP contribution in [0.1, 0.15) is 22.7 Å². The van der Waals surface area contributed by atoms with Crippen LogP contribution in [0.25, 0.3) is 5.76 Å². The lowest BCUT2D eigenvalue weighted by atomic mass is 9.95. The molecule has 38 heavy (non-hydrogen) atoms. The molecule has 2 aromatic carbocycles. The first kappa shape index (κ1) is 25.4. The summed E-state index contributed by atoms with van der Waals surface area (Å²) in [6.07, 6.45) is 4.63. The number of nitrogens with zero attached hydrogens (tertiary/aromatic N) is 4. The van der Waals surface area contributed by atoms with E-state index in [0.29, 0.717) is 33.6 Å². The van der Waals surface area contributed by atoms with E-state index >= 15 is 0 Å². The monoisotopic (exact) mass is 542 g/mol. The molecule has 0 spiro atoms. The van der Waals surface area contributed by atoms with Crippen LogP contribution in [0.4, 0.5) is 5.13 Å². The third kappa shape index (κ3) is 5.22. The maximum atomic E-state index is 13.4. The number of aliphatic hydroxyl groups is 1. The number of aromatic nitrogens is 3. The van der Waals surface area contributed by atoms with Gasteiger partial charge in [-0.05, 0) is 35.4 Å². The predicted octanol–water partition coefficient (Wildman–Crippen LogP) is 5.42. The summed E-state index contributed by atoms with van der Waals surface area (Å²) in [5.41, 5.74) is 2.03. The van der Waals surface area contributed by atoms with Gasteiger partial charge in [-0.3, -0.25) is 19.5 Å². The smallest absolute Gasteiger partial charge is 0.301 e. The Hall–Kier alpha value is -4.28. The van der Waals surface area contributed by atoms with Crippen molar-refractivity contribution >= 4 is 45.7 Å². The fourth-order valence-corrected chi connectivity index (χ4v) is 5.84. The highest BCUT2D eigenvalue weighted by Gasteiger charge is 2.48. The van der Waals surface area contributed by atoms with E-state index in [1.165, 1.54) is 40.4 Å². The van der Waals surface area contributed by atoms with Crippen molar-refractivity contribution in [1.29, 1.82) is 0 Å². The average molecular weight is 543 g/mol. The molecule has 0 aliphatic carbocycles. The highest BCUT2D eigenvalue weighted by Crippen LogP contribution is 2.44. The zero-order valence-corrected chi connectivity index (χ0v) is 21.7. The van der Waals surface area contributed by atoms with E-state index in [2.05, 4.69) is 21.8 Å². The highest BCUT2D eigenvalue weighted by atomic mass is 32.2. The Balaban J connectivity index is 1.55. The van der Waals surface area contributed by atoms with Gasteiger partial charge in [0.25, 0.3) is 5.78 Å². The maximum Gasteiger partial charge on any atom is 0.301 e. The standard InChI is InChI=1S/C28H22N4O4S2/c1-2-15-36-21-10-6-9-20(16-21)23-22(24(33)19-11-13-29-14-12-19)25(34)26(35)32(23)27-30-31-28(38-27)37-17-18-7-4-3-5-8-18/h2-14,16,23,33H,1,15,17H2. The number of anilines is 1. The number of carbonyl (C=O) groups excluding carboxylic acids is 2. The number of ketones is 1. The molecule has 5 rings (SSSR count). The largest absolute Gasteiger partial charge is 0.507 e. The number of rotatable bonds is 9. The highest BCUT2D eigenvalue weighted by molar-refractivity contribution is 8.00. The van der Waals surface area contributed by atoms with E-state index in [4.69, 9.17) is 4.74 Å². The van der Waals surface area contributed by atoms with Crippen molar-refractivity contribution < 1.29 is 19.4 Å². The third-order valence-corrected chi connectivity index (χ3v) is 7.87. The molecule has 1 fully saturated rings. The lowest BCUT2D eigenvalue weighted by molar-refractivity contribution is -0.132. The van der Waals surface area contributed by atoms with Gasteiger partial charge in [-0.15, -0.1) is 10.2 Å². The van der Waals surface area contributed by atoms with Crippen LogP contribution in [-0.4, -0.2) is 38.6 Å². The van der Waals surface area contributed by atoms with Crippen LogP contribution < -0.4 is 9.64 Å². The van der Waals surface area contributed by atoms with Gasteiger partial charge in [-0.2, -0.15) is 0 Å². The molecule has 1 atom stereocenters. The maximum absolute atomic E-state index is 13.4. The molecule has 0 bridgehead atoms. The zero-order valence-electron chi connectivity index (χ0n) is 20.1. The van der Waals surface area contributed by atoms with Crippen LogP contribution in [0.2, 0.25) is 0 Å². The fourth-order valence-electron chi connectivity index (χ4n) is 4.02. The molecule has 1 unspecified atom stereocenters. The molecular formula is C28H22N4O4S2. The third-order valence-electron chi connectivity index (χ3n) is 5.75. The Labute approximate surface area is 227 Å². The van der Waals surface area contributed by atoms with Gasteiger partial charge in [-0.1, -0.05) is 78.2 Å². The normalized spacial score (nSPS) is 16.5. The number of carbonyl (C=O) groups is 2. The van der Waals surface area contributed by atoms with E-state index in [-0.39, 0.29) is 16.5 Å². The molecule has 1 aliphatic rings. The number of hydrogen-bond acceptors (Lipinski definition) is 9. The molecule has 4 aromatic rings. The van der Waals surface area contributed by atoms with Crippen LogP contribution >= 0.6 is 23.1 Å². The second-order valence-electron chi connectivity index (χ2n) is 8.20. The summed E-state index contributed by atoms with van der Waals surface area (Å²) in [4.78, 5) is 32.0. The number of thioether (sulfide) groups is 1. The number of amides is 1. The summed E-state index contributed by atoms with van der Waals surface area (Å²) in [6.45, 7) is 3.96. The van der Waals surface area contributed by atoms with Crippen LogP contribution in [0.15, 0.2) is 102 Å². The summed E-state index contributed by atoms with van der Waals surface area (Å²) in [5, 5.41) is 20.0. The second kappa shape index (κ2) is 11.4. The molecule has 1 saturated heterocycles. The van der Waals surface area contributed by atoms with Gasteiger partial charge >= 0.3 is 5.91 Å². The molecule has 0 radical (unpaired) electrons. The minimum Gasteiger partial charge on any atom is -0.507 e. The summed E-state index contributed by atoms with van der Waals surface area (Å²) in [6, 6.07) is 19.2. The van der Waals surface area contributed by atoms with Crippen molar-refractivity contribution in [2.75, 3.05) is 11.5 Å². The molecular weight excluding hydrogens is 520 g/mol. The van der Waals surface area contributed by atoms with Gasteiger partial charge < -0.3 is 9.84 Å². The summed E-state index contributed by atoms with van der Waals surface area (Å²) in [7, 11) is 0. The van der Waals surface area contributed by atoms with Crippen LogP contribution in [0, 0.1) is 0 Å². The van der Waals surface area contributed by atoms with E-state index in [0.717, 1.165) is 5.56 Å². The molecule has 0 saturated carbocycles. The minimum atomic E-state index is -0.935. The van der Waals surface area contributed by atoms with Gasteiger partial charge in [0.05, 0.1) is 11.6 Å². The first-order valence-corrected chi connectivity index (χ1v) is 13.4. The summed E-state index contributed by atoms with van der Waals surface area (Å²) >= 11 is 2.71. The lowest BCUT2D eigenvalue weighted by Gasteiger charge is -2.23. The quantitative estimate of drug-likeness (QED) is 0.0747. The SMILES string of the molecule is C=CCOc1cccc(C2C(=C(O)c3ccncc3)C(=O)C(=O)N2c2nnc(SCc3ccccc3)s2)c1. The molecule has 1 amide bonds. The van der Waals surface area contributed by atoms with Crippen LogP contribution in [0.3, 0.4) is 0 Å². The first-order valence-electron chi connectivity index (χ1n) is 11.6. The van der Waals surface area contributed by atoms with Crippen molar-refractivity contribution in [2.45, 2.75) is 16.1 Å². The van der Waals surface area contributed by atoms with Gasteiger partial charge in [0.2, 0.25) is 5.13 Å². The van der Waals surface area contributed by atoms with Crippen molar-refractivity contribution in [3.63, 3.8) is 0 Å². The van der Waals surface area contributed by atoms with E-state index in [1.54, 1.807) is 42.5 Å². The predicted molar refractivity (Wildman–Crippen MR) is 147 cm³/mol. The minimum absolute atomic E-state index is 0.0456. The molecule has 3 heterocycles. The molecule has 8 nitrogen and oxygen atoms in total. The Kier molecular flexibility index (Phi) is 7.62. The molecule has 10 heteroatoms. The van der Waals surface area contributed by atoms with Crippen molar-refractivity contribution in [2.24, 2.45) is 0 Å². The topological polar surface area (TPSA) is 106 Å². The molecule has 1 aliphatic heterocycles. The summed E-state index contributed by atoms with van der Waals surface area (Å²) in [5.74, 6) is -0.677. The Morgan fingerprint density at radius 2 is 1.87 bits per heavy atom. The van der Waals surface area contributed by atoms with Gasteiger partial charge in [-0.25, -0.2) is 0 Å². The van der Waals surface area contributed by atoms with Gasteiger partial charge in [0.1, 0.15) is 18.1 Å². The molecule has 2 aromatic heterocycles. The molecule has 190 valence electrons. The number of Topliss-reactive ketones (excluding diaryl/α,β-unsaturated/α-hetero) is 1. The van der Waals surface area contributed by atoms with Crippen molar-refractivity contribution in [3.05, 3.63) is 114 Å². The lowest BCUT2D eigenvalue weighted by Crippen LogP contribution is -2.29. The van der Waals surface area contributed by atoms with Gasteiger partial charge in [0, 0.05) is 23.7 Å². The summed E-state index contributed by atoms with van der Waals surface area (Å²) < 4.78 is 6.34. The number of hydrogen-bond donors (Lipinski definition) is 1. The Morgan fingerprint density at radius 1 is 1.08 bits per heavy atom. The number of aliphatic hydroxyl groups excluding tert-OH is 1. The number of ether oxygens (including phenoxy) is 1. The second-order valence-corrected chi connectivity index (χ2v) is 10.4. The number of pyridine rings is 1. The first-order chi connectivity index (χ1) is 18.6. The van der Waals surface area contributed by atoms with Gasteiger partial charge in [0.15, 0.2) is 4.34 Å². The Morgan fingerprint density at radius 3 is 2.63 bits per heavy atom. The van der Waals surface area contributed by atoms with E-state index < -0.39 is 17.7 Å². The number of benzene rings is 2. The van der Waals surface area contributed by atoms with Crippen LogP contribution in [0.5, 0.6) is 5.75 Å². The van der Waals surface area contributed by atoms with Crippen molar-refractivity contribution in [3.8, 4) is 5.75 Å². The molecule has 1 N–H and O–H groups in total. The van der Waals surface area contributed by atoms with E-state index in [1.807, 2.05) is 30.3 Å². The fraction of sp³-hybridized carbons (Fsp3) is 0.107. The van der Waals surface area contributed by atoms with E-state index in [9.17, 15) is 14.7 Å². The zero-order chi connectivity index (χ0) is 26.5.